The average Bonchev–Trinajstić information content (AvgIpc) is 2.92. The van der Waals surface area contributed by atoms with Crippen LogP contribution in [0.3, 0.4) is 0 Å². The standard InChI is InChI=1S/C15H23ClN4/c1-3-8-18-15(17-2)19-13-7-9-20(11-13)14-6-4-5-12(16)10-14/h4-6,10,13H,3,7-9,11H2,1-2H3,(H2,17,18,19). The number of nitrogens with zero attached hydrogens (tertiary/aromatic N) is 2. The molecule has 0 saturated carbocycles. The van der Waals surface area contributed by atoms with Gasteiger partial charge in [-0.05, 0) is 31.0 Å². The zero-order valence-corrected chi connectivity index (χ0v) is 13.0. The van der Waals surface area contributed by atoms with E-state index in [1.807, 2.05) is 25.2 Å². The van der Waals surface area contributed by atoms with Crippen LogP contribution in [0.25, 0.3) is 0 Å². The van der Waals surface area contributed by atoms with E-state index in [9.17, 15) is 0 Å². The zero-order valence-electron chi connectivity index (χ0n) is 12.2. The third-order valence-corrected chi connectivity index (χ3v) is 3.70. The Hall–Kier alpha value is -1.42. The highest BCUT2D eigenvalue weighted by molar-refractivity contribution is 6.30. The largest absolute Gasteiger partial charge is 0.369 e. The Balaban J connectivity index is 1.89. The van der Waals surface area contributed by atoms with E-state index in [0.717, 1.165) is 43.5 Å². The van der Waals surface area contributed by atoms with E-state index in [1.54, 1.807) is 0 Å². The molecule has 0 radical (unpaired) electrons. The second-order valence-corrected chi connectivity index (χ2v) is 5.49. The lowest BCUT2D eigenvalue weighted by Crippen LogP contribution is -2.44. The summed E-state index contributed by atoms with van der Waals surface area (Å²) in [5.74, 6) is 0.893. The Morgan fingerprint density at radius 2 is 2.35 bits per heavy atom. The van der Waals surface area contributed by atoms with Crippen LogP contribution in [-0.4, -0.2) is 38.7 Å². The van der Waals surface area contributed by atoms with Crippen LogP contribution in [0.5, 0.6) is 0 Å². The molecule has 0 amide bonds. The lowest BCUT2D eigenvalue weighted by molar-refractivity contribution is 0.647. The Morgan fingerprint density at radius 3 is 3.05 bits per heavy atom. The molecule has 1 aromatic rings. The van der Waals surface area contributed by atoms with Crippen molar-refractivity contribution in [3.8, 4) is 0 Å². The smallest absolute Gasteiger partial charge is 0.191 e. The van der Waals surface area contributed by atoms with Gasteiger partial charge in [-0.3, -0.25) is 4.99 Å². The van der Waals surface area contributed by atoms with E-state index in [1.165, 1.54) is 5.69 Å². The van der Waals surface area contributed by atoms with Gasteiger partial charge < -0.3 is 15.5 Å². The second-order valence-electron chi connectivity index (χ2n) is 5.05. The van der Waals surface area contributed by atoms with E-state index >= 15 is 0 Å². The minimum Gasteiger partial charge on any atom is -0.369 e. The molecule has 0 aromatic heterocycles. The van der Waals surface area contributed by atoms with Crippen molar-refractivity contribution in [2.75, 3.05) is 31.6 Å². The first-order valence-corrected chi connectivity index (χ1v) is 7.58. The highest BCUT2D eigenvalue weighted by Gasteiger charge is 2.23. The topological polar surface area (TPSA) is 39.7 Å². The first-order chi connectivity index (χ1) is 9.72. The van der Waals surface area contributed by atoms with Crippen LogP contribution in [0.1, 0.15) is 19.8 Å². The number of aliphatic imine (C=N–C) groups is 1. The maximum atomic E-state index is 6.05. The van der Waals surface area contributed by atoms with Crippen molar-refractivity contribution in [3.05, 3.63) is 29.3 Å². The van der Waals surface area contributed by atoms with E-state index in [0.29, 0.717) is 6.04 Å². The van der Waals surface area contributed by atoms with Crippen molar-refractivity contribution in [1.82, 2.24) is 10.6 Å². The number of rotatable bonds is 4. The number of guanidine groups is 1. The summed E-state index contributed by atoms with van der Waals surface area (Å²) in [4.78, 5) is 6.61. The van der Waals surface area contributed by atoms with E-state index in [4.69, 9.17) is 11.6 Å². The first-order valence-electron chi connectivity index (χ1n) is 7.20. The van der Waals surface area contributed by atoms with Crippen molar-refractivity contribution < 1.29 is 0 Å². The lowest BCUT2D eigenvalue weighted by atomic mass is 10.2. The molecule has 2 rings (SSSR count). The highest BCUT2D eigenvalue weighted by atomic mass is 35.5. The predicted molar refractivity (Wildman–Crippen MR) is 86.9 cm³/mol. The van der Waals surface area contributed by atoms with Gasteiger partial charge in [0.15, 0.2) is 5.96 Å². The molecule has 1 aliphatic rings. The molecule has 1 unspecified atom stereocenters. The molecule has 20 heavy (non-hydrogen) atoms. The summed E-state index contributed by atoms with van der Waals surface area (Å²) in [5, 5.41) is 7.58. The third-order valence-electron chi connectivity index (χ3n) is 3.47. The van der Waals surface area contributed by atoms with Crippen molar-refractivity contribution in [2.24, 2.45) is 4.99 Å². The molecular weight excluding hydrogens is 272 g/mol. The van der Waals surface area contributed by atoms with Crippen molar-refractivity contribution in [1.29, 1.82) is 0 Å². The van der Waals surface area contributed by atoms with Crippen molar-refractivity contribution >= 4 is 23.2 Å². The molecule has 2 N–H and O–H groups in total. The molecule has 1 aliphatic heterocycles. The van der Waals surface area contributed by atoms with Crippen LogP contribution in [0, 0.1) is 0 Å². The molecule has 110 valence electrons. The number of hydrogen-bond donors (Lipinski definition) is 2. The highest BCUT2D eigenvalue weighted by Crippen LogP contribution is 2.23. The normalized spacial score (nSPS) is 19.2. The van der Waals surface area contributed by atoms with Gasteiger partial charge >= 0.3 is 0 Å². The third kappa shape index (κ3) is 4.04. The van der Waals surface area contributed by atoms with Gasteiger partial charge in [0.25, 0.3) is 0 Å². The molecule has 0 bridgehead atoms. The summed E-state index contributed by atoms with van der Waals surface area (Å²) in [5.41, 5.74) is 1.19. The van der Waals surface area contributed by atoms with Crippen LogP contribution >= 0.6 is 11.6 Å². The van der Waals surface area contributed by atoms with Gasteiger partial charge in [0.1, 0.15) is 0 Å². The molecule has 1 heterocycles. The maximum Gasteiger partial charge on any atom is 0.191 e. The number of anilines is 1. The molecule has 1 atom stereocenters. The van der Waals surface area contributed by atoms with Gasteiger partial charge in [-0.15, -0.1) is 0 Å². The Morgan fingerprint density at radius 1 is 1.50 bits per heavy atom. The monoisotopic (exact) mass is 294 g/mol. The Bertz CT molecular complexity index is 461. The predicted octanol–water partition coefficient (Wildman–Crippen LogP) is 2.49. The van der Waals surface area contributed by atoms with Crippen LogP contribution < -0.4 is 15.5 Å². The Labute approximate surface area is 126 Å². The molecule has 5 heteroatoms. The van der Waals surface area contributed by atoms with Gasteiger partial charge in [0, 0.05) is 43.4 Å². The van der Waals surface area contributed by atoms with Gasteiger partial charge in [-0.1, -0.05) is 24.6 Å². The fraction of sp³-hybridized carbons (Fsp3) is 0.533. The summed E-state index contributed by atoms with van der Waals surface area (Å²) >= 11 is 6.05. The average molecular weight is 295 g/mol. The fourth-order valence-corrected chi connectivity index (χ4v) is 2.60. The van der Waals surface area contributed by atoms with Gasteiger partial charge in [-0.2, -0.15) is 0 Å². The van der Waals surface area contributed by atoms with Crippen molar-refractivity contribution in [3.63, 3.8) is 0 Å². The quantitative estimate of drug-likeness (QED) is 0.662. The maximum absolute atomic E-state index is 6.05. The van der Waals surface area contributed by atoms with Crippen LogP contribution in [-0.2, 0) is 0 Å². The molecule has 1 aromatic carbocycles. The summed E-state index contributed by atoms with van der Waals surface area (Å²) in [6.45, 7) is 5.12. The summed E-state index contributed by atoms with van der Waals surface area (Å²) in [6, 6.07) is 8.47. The summed E-state index contributed by atoms with van der Waals surface area (Å²) < 4.78 is 0. The number of hydrogen-bond acceptors (Lipinski definition) is 2. The molecule has 0 spiro atoms. The summed E-state index contributed by atoms with van der Waals surface area (Å²) in [7, 11) is 1.81. The van der Waals surface area contributed by atoms with Gasteiger partial charge in [0.05, 0.1) is 0 Å². The molecule has 1 saturated heterocycles. The van der Waals surface area contributed by atoms with E-state index in [2.05, 4.69) is 33.5 Å². The second kappa shape index (κ2) is 7.39. The minimum atomic E-state index is 0.428. The van der Waals surface area contributed by atoms with E-state index < -0.39 is 0 Å². The van der Waals surface area contributed by atoms with Crippen LogP contribution in [0.15, 0.2) is 29.3 Å². The SMILES string of the molecule is CCCNC(=NC)NC1CCN(c2cccc(Cl)c2)C1. The Kier molecular flexibility index (Phi) is 5.53. The van der Waals surface area contributed by atoms with Crippen LogP contribution in [0.2, 0.25) is 5.02 Å². The van der Waals surface area contributed by atoms with Crippen molar-refractivity contribution in [2.45, 2.75) is 25.8 Å². The molecule has 1 fully saturated rings. The first kappa shape index (κ1) is 15.0. The molecule has 4 nitrogen and oxygen atoms in total. The van der Waals surface area contributed by atoms with Crippen LogP contribution in [0.4, 0.5) is 5.69 Å². The zero-order chi connectivity index (χ0) is 14.4. The fourth-order valence-electron chi connectivity index (χ4n) is 2.42. The summed E-state index contributed by atoms with van der Waals surface area (Å²) in [6.07, 6.45) is 2.21. The number of nitrogens with one attached hydrogen (secondary N) is 2. The molecule has 0 aliphatic carbocycles. The number of halogens is 1. The van der Waals surface area contributed by atoms with Gasteiger partial charge in [-0.25, -0.2) is 0 Å². The number of benzene rings is 1. The molecular formula is C15H23ClN4. The van der Waals surface area contributed by atoms with E-state index in [-0.39, 0.29) is 0 Å². The van der Waals surface area contributed by atoms with Gasteiger partial charge in [0.2, 0.25) is 0 Å². The lowest BCUT2D eigenvalue weighted by Gasteiger charge is -2.20. The minimum absolute atomic E-state index is 0.428.